The quantitative estimate of drug-likeness (QED) is 0.892. The van der Waals surface area contributed by atoms with Crippen LogP contribution >= 0.6 is 11.3 Å². The van der Waals surface area contributed by atoms with Crippen LogP contribution in [0.3, 0.4) is 0 Å². The number of urea groups is 1. The van der Waals surface area contributed by atoms with E-state index in [2.05, 4.69) is 46.8 Å². The number of hydrogen-bond donors (Lipinski definition) is 2. The second kappa shape index (κ2) is 6.66. The molecule has 122 valence electrons. The number of benzene rings is 1. The van der Waals surface area contributed by atoms with Crippen LogP contribution in [0.25, 0.3) is 0 Å². The molecule has 23 heavy (non-hydrogen) atoms. The first kappa shape index (κ1) is 15.9. The topological polar surface area (TPSA) is 66.9 Å². The first-order chi connectivity index (χ1) is 11.1. The standard InChI is InChI=1S/C17H22N4OS/c1-17(2,12-8-4-3-5-9-12)14-20-21-16(23-14)19-15(22)18-13-10-6-7-11-13/h3-5,8-9,13H,6-7,10-11H2,1-2H3,(H2,18,19,21,22). The molecule has 0 spiro atoms. The molecule has 1 aromatic carbocycles. The molecular formula is C17H22N4OS. The predicted octanol–water partition coefficient (Wildman–Crippen LogP) is 3.93. The minimum Gasteiger partial charge on any atom is -0.335 e. The largest absolute Gasteiger partial charge is 0.335 e. The van der Waals surface area contributed by atoms with Crippen LogP contribution in [0.1, 0.15) is 50.1 Å². The molecule has 1 heterocycles. The Labute approximate surface area is 140 Å². The second-order valence-corrected chi connectivity index (χ2v) is 7.46. The summed E-state index contributed by atoms with van der Waals surface area (Å²) < 4.78 is 0. The number of nitrogens with zero attached hydrogens (tertiary/aromatic N) is 2. The molecule has 2 amide bonds. The molecule has 6 heteroatoms. The van der Waals surface area contributed by atoms with Gasteiger partial charge in [0.25, 0.3) is 0 Å². The van der Waals surface area contributed by atoms with Crippen molar-refractivity contribution in [2.45, 2.75) is 51.0 Å². The van der Waals surface area contributed by atoms with Gasteiger partial charge in [-0.15, -0.1) is 10.2 Å². The summed E-state index contributed by atoms with van der Waals surface area (Å²) in [6.07, 6.45) is 4.52. The van der Waals surface area contributed by atoms with Gasteiger partial charge in [0, 0.05) is 11.5 Å². The van der Waals surface area contributed by atoms with Crippen molar-refractivity contribution in [1.82, 2.24) is 15.5 Å². The minimum absolute atomic E-state index is 0.183. The van der Waals surface area contributed by atoms with E-state index in [-0.39, 0.29) is 11.4 Å². The minimum atomic E-state index is -0.235. The van der Waals surface area contributed by atoms with Gasteiger partial charge in [0.15, 0.2) is 0 Å². The number of aromatic nitrogens is 2. The lowest BCUT2D eigenvalue weighted by molar-refractivity contribution is 0.248. The van der Waals surface area contributed by atoms with Gasteiger partial charge in [-0.2, -0.15) is 0 Å². The number of carbonyl (C=O) groups excluding carboxylic acids is 1. The van der Waals surface area contributed by atoms with E-state index in [4.69, 9.17) is 0 Å². The first-order valence-electron chi connectivity index (χ1n) is 8.03. The summed E-state index contributed by atoms with van der Waals surface area (Å²) in [5, 5.41) is 15.6. The maximum atomic E-state index is 12.0. The maximum Gasteiger partial charge on any atom is 0.321 e. The highest BCUT2D eigenvalue weighted by Crippen LogP contribution is 2.34. The van der Waals surface area contributed by atoms with Crippen molar-refractivity contribution in [3.63, 3.8) is 0 Å². The Hall–Kier alpha value is -1.95. The third-order valence-electron chi connectivity index (χ3n) is 4.37. The zero-order valence-corrected chi connectivity index (χ0v) is 14.3. The summed E-state index contributed by atoms with van der Waals surface area (Å²) >= 11 is 1.43. The lowest BCUT2D eigenvalue weighted by Crippen LogP contribution is -2.36. The summed E-state index contributed by atoms with van der Waals surface area (Å²) in [5.74, 6) is 0. The number of rotatable bonds is 4. The van der Waals surface area contributed by atoms with Gasteiger partial charge in [-0.1, -0.05) is 54.5 Å². The van der Waals surface area contributed by atoms with E-state index in [1.165, 1.54) is 29.7 Å². The number of nitrogens with one attached hydrogen (secondary N) is 2. The van der Waals surface area contributed by atoms with Crippen molar-refractivity contribution in [2.75, 3.05) is 5.32 Å². The number of anilines is 1. The van der Waals surface area contributed by atoms with Crippen LogP contribution in [0.4, 0.5) is 9.93 Å². The van der Waals surface area contributed by atoms with Crippen LogP contribution in [-0.2, 0) is 5.41 Å². The van der Waals surface area contributed by atoms with Gasteiger partial charge >= 0.3 is 6.03 Å². The van der Waals surface area contributed by atoms with Gasteiger partial charge in [0.05, 0.1) is 0 Å². The lowest BCUT2D eigenvalue weighted by atomic mass is 9.85. The molecule has 1 fully saturated rings. The van der Waals surface area contributed by atoms with E-state index in [1.807, 2.05) is 18.2 Å². The summed E-state index contributed by atoms with van der Waals surface area (Å²) in [5.41, 5.74) is 0.943. The molecule has 2 aromatic rings. The molecular weight excluding hydrogens is 308 g/mol. The summed E-state index contributed by atoms with van der Waals surface area (Å²) in [7, 11) is 0. The highest BCUT2D eigenvalue weighted by molar-refractivity contribution is 7.15. The van der Waals surface area contributed by atoms with Gasteiger partial charge in [0.2, 0.25) is 5.13 Å². The van der Waals surface area contributed by atoms with E-state index in [1.54, 1.807) is 0 Å². The Kier molecular flexibility index (Phi) is 4.61. The van der Waals surface area contributed by atoms with Crippen LogP contribution in [0.15, 0.2) is 30.3 Å². The molecule has 3 rings (SSSR count). The first-order valence-corrected chi connectivity index (χ1v) is 8.84. The molecule has 0 bridgehead atoms. The molecule has 0 atom stereocenters. The Morgan fingerprint density at radius 2 is 1.87 bits per heavy atom. The Balaban J connectivity index is 1.66. The molecule has 1 aromatic heterocycles. The summed E-state index contributed by atoms with van der Waals surface area (Å²) in [6.45, 7) is 4.23. The van der Waals surface area contributed by atoms with Crippen LogP contribution in [0.2, 0.25) is 0 Å². The molecule has 0 aliphatic heterocycles. The molecule has 5 nitrogen and oxygen atoms in total. The Bertz CT molecular complexity index is 662. The van der Waals surface area contributed by atoms with Crippen molar-refractivity contribution in [1.29, 1.82) is 0 Å². The predicted molar refractivity (Wildman–Crippen MR) is 92.9 cm³/mol. The number of amides is 2. The van der Waals surface area contributed by atoms with Crippen LogP contribution in [0.5, 0.6) is 0 Å². The molecule has 2 N–H and O–H groups in total. The summed E-state index contributed by atoms with van der Waals surface area (Å²) in [4.78, 5) is 12.0. The molecule has 1 aliphatic rings. The van der Waals surface area contributed by atoms with Gasteiger partial charge in [-0.25, -0.2) is 4.79 Å². The normalized spacial score (nSPS) is 15.6. The molecule has 0 saturated heterocycles. The highest BCUT2D eigenvalue weighted by atomic mass is 32.1. The van der Waals surface area contributed by atoms with E-state index < -0.39 is 0 Å². The average Bonchev–Trinajstić information content (AvgIpc) is 3.20. The number of hydrogen-bond acceptors (Lipinski definition) is 4. The summed E-state index contributed by atoms with van der Waals surface area (Å²) in [6, 6.07) is 10.3. The van der Waals surface area contributed by atoms with Crippen molar-refractivity contribution in [3.05, 3.63) is 40.9 Å². The fourth-order valence-corrected chi connectivity index (χ4v) is 3.76. The van der Waals surface area contributed by atoms with Crippen molar-refractivity contribution in [3.8, 4) is 0 Å². The van der Waals surface area contributed by atoms with Crippen LogP contribution in [0, 0.1) is 0 Å². The number of carbonyl (C=O) groups is 1. The van der Waals surface area contributed by atoms with Crippen molar-refractivity contribution in [2.24, 2.45) is 0 Å². The van der Waals surface area contributed by atoms with Crippen LogP contribution in [-0.4, -0.2) is 22.3 Å². The Morgan fingerprint density at radius 1 is 1.17 bits per heavy atom. The maximum absolute atomic E-state index is 12.0. The smallest absolute Gasteiger partial charge is 0.321 e. The Morgan fingerprint density at radius 3 is 2.57 bits per heavy atom. The fraction of sp³-hybridized carbons (Fsp3) is 0.471. The molecule has 0 unspecified atom stereocenters. The average molecular weight is 330 g/mol. The highest BCUT2D eigenvalue weighted by Gasteiger charge is 2.28. The molecule has 1 saturated carbocycles. The van der Waals surface area contributed by atoms with E-state index in [0.717, 1.165) is 17.8 Å². The molecule has 1 aliphatic carbocycles. The van der Waals surface area contributed by atoms with Gasteiger partial charge in [-0.3, -0.25) is 5.32 Å². The van der Waals surface area contributed by atoms with E-state index in [9.17, 15) is 4.79 Å². The monoisotopic (exact) mass is 330 g/mol. The van der Waals surface area contributed by atoms with E-state index >= 15 is 0 Å². The van der Waals surface area contributed by atoms with Gasteiger partial charge < -0.3 is 5.32 Å². The zero-order chi connectivity index (χ0) is 16.3. The van der Waals surface area contributed by atoms with Crippen molar-refractivity contribution < 1.29 is 4.79 Å². The van der Waals surface area contributed by atoms with Crippen molar-refractivity contribution >= 4 is 22.5 Å². The third kappa shape index (κ3) is 3.69. The second-order valence-electron chi connectivity index (χ2n) is 6.48. The SMILES string of the molecule is CC(C)(c1ccccc1)c1nnc(NC(=O)NC2CCCC2)s1. The third-order valence-corrected chi connectivity index (χ3v) is 5.53. The fourth-order valence-electron chi connectivity index (χ4n) is 2.89. The van der Waals surface area contributed by atoms with E-state index in [0.29, 0.717) is 11.2 Å². The van der Waals surface area contributed by atoms with Gasteiger partial charge in [0.1, 0.15) is 5.01 Å². The van der Waals surface area contributed by atoms with Crippen LogP contribution < -0.4 is 10.6 Å². The zero-order valence-electron chi connectivity index (χ0n) is 13.5. The lowest BCUT2D eigenvalue weighted by Gasteiger charge is -2.21. The van der Waals surface area contributed by atoms with Gasteiger partial charge in [-0.05, 0) is 32.3 Å². The molecule has 0 radical (unpaired) electrons.